The van der Waals surface area contributed by atoms with E-state index in [2.05, 4.69) is 22.1 Å². The Balaban J connectivity index is 1.77. The van der Waals surface area contributed by atoms with Crippen molar-refractivity contribution in [3.05, 3.63) is 71.3 Å². The van der Waals surface area contributed by atoms with Gasteiger partial charge in [-0.15, -0.1) is 16.8 Å². The van der Waals surface area contributed by atoms with Crippen LogP contribution in [0.3, 0.4) is 0 Å². The molecule has 0 aliphatic rings. The van der Waals surface area contributed by atoms with Crippen LogP contribution < -0.4 is 5.32 Å². The summed E-state index contributed by atoms with van der Waals surface area (Å²) in [7, 11) is 0. The number of thioether (sulfide) groups is 1. The summed E-state index contributed by atoms with van der Waals surface area (Å²) in [4.78, 5) is 12.5. The van der Waals surface area contributed by atoms with Crippen LogP contribution in [0.5, 0.6) is 0 Å². The van der Waals surface area contributed by atoms with Gasteiger partial charge in [-0.1, -0.05) is 59.8 Å². The molecule has 0 bridgehead atoms. The Bertz CT molecular complexity index is 995. The molecule has 5 nitrogen and oxygen atoms in total. The molecule has 0 fully saturated rings. The van der Waals surface area contributed by atoms with Gasteiger partial charge in [-0.05, 0) is 37.1 Å². The lowest BCUT2D eigenvalue weighted by Gasteiger charge is -2.11. The minimum absolute atomic E-state index is 0.0881. The molecule has 28 heavy (non-hydrogen) atoms. The van der Waals surface area contributed by atoms with Crippen molar-refractivity contribution in [3.8, 4) is 11.4 Å². The molecule has 3 rings (SSSR count). The summed E-state index contributed by atoms with van der Waals surface area (Å²) in [5, 5.41) is 12.8. The first-order chi connectivity index (χ1) is 13.5. The number of nitrogens with zero attached hydrogens (tertiary/aromatic N) is 3. The Kier molecular flexibility index (Phi) is 6.54. The highest BCUT2D eigenvalue weighted by Gasteiger charge is 2.17. The van der Waals surface area contributed by atoms with E-state index >= 15 is 0 Å². The van der Waals surface area contributed by atoms with Gasteiger partial charge in [0.15, 0.2) is 11.0 Å². The zero-order chi connectivity index (χ0) is 20.1. The molecule has 1 aromatic heterocycles. The van der Waals surface area contributed by atoms with Gasteiger partial charge in [0, 0.05) is 17.8 Å². The first-order valence-electron chi connectivity index (χ1n) is 8.79. The first kappa shape index (κ1) is 20.2. The Hall–Kier alpha value is -2.57. The highest BCUT2D eigenvalue weighted by atomic mass is 35.5. The van der Waals surface area contributed by atoms with E-state index < -0.39 is 0 Å². The molecular formula is C21H21ClN4OS. The number of carbonyl (C=O) groups is 1. The quantitative estimate of drug-likeness (QED) is 0.431. The molecule has 0 saturated carbocycles. The Morgan fingerprint density at radius 1 is 1.18 bits per heavy atom. The van der Waals surface area contributed by atoms with Gasteiger partial charge in [0.1, 0.15) is 0 Å². The van der Waals surface area contributed by atoms with Crippen molar-refractivity contribution in [2.75, 3.05) is 11.1 Å². The second-order valence-electron chi connectivity index (χ2n) is 6.29. The highest BCUT2D eigenvalue weighted by Crippen LogP contribution is 2.29. The van der Waals surface area contributed by atoms with Gasteiger partial charge in [-0.3, -0.25) is 9.36 Å². The first-order valence-corrected chi connectivity index (χ1v) is 10.2. The van der Waals surface area contributed by atoms with Crippen molar-refractivity contribution in [1.82, 2.24) is 14.8 Å². The van der Waals surface area contributed by atoms with E-state index in [1.54, 1.807) is 6.08 Å². The predicted molar refractivity (Wildman–Crippen MR) is 116 cm³/mol. The number of benzene rings is 2. The lowest BCUT2D eigenvalue weighted by atomic mass is 10.1. The molecule has 2 aromatic carbocycles. The van der Waals surface area contributed by atoms with Crippen LogP contribution in [0.25, 0.3) is 11.4 Å². The average molecular weight is 413 g/mol. The Morgan fingerprint density at radius 2 is 1.89 bits per heavy atom. The maximum atomic E-state index is 12.5. The van der Waals surface area contributed by atoms with Crippen LogP contribution in [0.1, 0.15) is 11.1 Å². The van der Waals surface area contributed by atoms with Gasteiger partial charge in [0.05, 0.1) is 10.8 Å². The van der Waals surface area contributed by atoms with E-state index in [-0.39, 0.29) is 11.7 Å². The lowest BCUT2D eigenvalue weighted by Crippen LogP contribution is -2.16. The van der Waals surface area contributed by atoms with E-state index in [1.165, 1.54) is 11.8 Å². The summed E-state index contributed by atoms with van der Waals surface area (Å²) in [6.45, 7) is 8.29. The molecule has 1 heterocycles. The second kappa shape index (κ2) is 9.08. The van der Waals surface area contributed by atoms with Crippen LogP contribution in [-0.2, 0) is 11.3 Å². The Morgan fingerprint density at radius 3 is 2.57 bits per heavy atom. The summed E-state index contributed by atoms with van der Waals surface area (Å²) in [6.07, 6.45) is 1.77. The molecule has 7 heteroatoms. The topological polar surface area (TPSA) is 59.8 Å². The van der Waals surface area contributed by atoms with Crippen LogP contribution in [0.2, 0.25) is 5.02 Å². The summed E-state index contributed by atoms with van der Waals surface area (Å²) in [6, 6.07) is 13.4. The van der Waals surface area contributed by atoms with Crippen LogP contribution >= 0.6 is 23.4 Å². The third-order valence-electron chi connectivity index (χ3n) is 4.22. The molecule has 3 aromatic rings. The van der Waals surface area contributed by atoms with Gasteiger partial charge >= 0.3 is 0 Å². The van der Waals surface area contributed by atoms with E-state index in [4.69, 9.17) is 11.6 Å². The van der Waals surface area contributed by atoms with Crippen molar-refractivity contribution < 1.29 is 4.79 Å². The number of nitrogens with one attached hydrogen (secondary N) is 1. The SMILES string of the molecule is C=CCn1c(SCC(=O)Nc2c(C)cccc2C)nnc1-c1ccccc1Cl. The number of rotatable bonds is 7. The molecule has 0 unspecified atom stereocenters. The molecule has 0 aliphatic heterocycles. The molecule has 0 aliphatic carbocycles. The highest BCUT2D eigenvalue weighted by molar-refractivity contribution is 7.99. The van der Waals surface area contributed by atoms with Crippen LogP contribution in [0, 0.1) is 13.8 Å². The molecular weight excluding hydrogens is 392 g/mol. The van der Waals surface area contributed by atoms with Gasteiger partial charge < -0.3 is 5.32 Å². The van der Waals surface area contributed by atoms with Crippen molar-refractivity contribution in [2.45, 2.75) is 25.5 Å². The number of anilines is 1. The second-order valence-corrected chi connectivity index (χ2v) is 7.64. The van der Waals surface area contributed by atoms with E-state index in [0.29, 0.717) is 22.5 Å². The smallest absolute Gasteiger partial charge is 0.234 e. The Labute approximate surface area is 173 Å². The summed E-state index contributed by atoms with van der Waals surface area (Å²) >= 11 is 7.64. The standard InChI is InChI=1S/C21H21ClN4OS/c1-4-12-26-20(16-10-5-6-11-17(16)22)24-25-21(26)28-13-18(27)23-19-14(2)8-7-9-15(19)3/h4-11H,1,12-13H2,2-3H3,(H,23,27). The van der Waals surface area contributed by atoms with E-state index in [9.17, 15) is 4.79 Å². The fourth-order valence-corrected chi connectivity index (χ4v) is 3.82. The number of aromatic nitrogens is 3. The summed E-state index contributed by atoms with van der Waals surface area (Å²) in [5.41, 5.74) is 3.73. The molecule has 1 N–H and O–H groups in total. The maximum Gasteiger partial charge on any atom is 0.234 e. The fourth-order valence-electron chi connectivity index (χ4n) is 2.85. The molecule has 0 radical (unpaired) electrons. The lowest BCUT2D eigenvalue weighted by molar-refractivity contribution is -0.113. The third kappa shape index (κ3) is 4.46. The van der Waals surface area contributed by atoms with E-state index in [1.807, 2.05) is 60.9 Å². The number of allylic oxidation sites excluding steroid dienone is 1. The average Bonchev–Trinajstić information content (AvgIpc) is 3.06. The monoisotopic (exact) mass is 412 g/mol. The zero-order valence-electron chi connectivity index (χ0n) is 15.8. The molecule has 0 atom stereocenters. The number of amides is 1. The van der Waals surface area contributed by atoms with Gasteiger partial charge in [-0.25, -0.2) is 0 Å². The number of carbonyl (C=O) groups excluding carboxylic acids is 1. The third-order valence-corrected chi connectivity index (χ3v) is 5.52. The van der Waals surface area contributed by atoms with Crippen molar-refractivity contribution >= 4 is 35.0 Å². The van der Waals surface area contributed by atoms with Crippen molar-refractivity contribution in [2.24, 2.45) is 0 Å². The fraction of sp³-hybridized carbons (Fsp3) is 0.190. The number of para-hydroxylation sites is 1. The minimum atomic E-state index is -0.0881. The number of hydrogen-bond donors (Lipinski definition) is 1. The largest absolute Gasteiger partial charge is 0.325 e. The zero-order valence-corrected chi connectivity index (χ0v) is 17.3. The van der Waals surface area contributed by atoms with Crippen molar-refractivity contribution in [3.63, 3.8) is 0 Å². The number of halogens is 1. The van der Waals surface area contributed by atoms with Crippen LogP contribution in [0.4, 0.5) is 5.69 Å². The van der Waals surface area contributed by atoms with Gasteiger partial charge in [0.2, 0.25) is 5.91 Å². The number of hydrogen-bond acceptors (Lipinski definition) is 4. The molecule has 0 saturated heterocycles. The molecule has 1 amide bonds. The van der Waals surface area contributed by atoms with Gasteiger partial charge in [-0.2, -0.15) is 0 Å². The predicted octanol–water partition coefficient (Wildman–Crippen LogP) is 5.13. The minimum Gasteiger partial charge on any atom is -0.325 e. The number of aryl methyl sites for hydroxylation is 2. The normalized spacial score (nSPS) is 10.7. The summed E-state index contributed by atoms with van der Waals surface area (Å²) < 4.78 is 1.91. The van der Waals surface area contributed by atoms with Crippen LogP contribution in [0.15, 0.2) is 60.3 Å². The van der Waals surface area contributed by atoms with Crippen LogP contribution in [-0.4, -0.2) is 26.4 Å². The maximum absolute atomic E-state index is 12.5. The van der Waals surface area contributed by atoms with Crippen molar-refractivity contribution in [1.29, 1.82) is 0 Å². The van der Waals surface area contributed by atoms with Gasteiger partial charge in [0.25, 0.3) is 0 Å². The van der Waals surface area contributed by atoms with E-state index in [0.717, 1.165) is 22.4 Å². The molecule has 144 valence electrons. The molecule has 0 spiro atoms. The summed E-state index contributed by atoms with van der Waals surface area (Å²) in [5.74, 6) is 0.795.